The quantitative estimate of drug-likeness (QED) is 0.740. The minimum absolute atomic E-state index is 0.0352. The molecular weight excluding hydrogens is 356 g/mol. The molecule has 0 aliphatic rings. The molecule has 0 saturated heterocycles. The highest BCUT2D eigenvalue weighted by Gasteiger charge is 2.16. The molecule has 0 radical (unpaired) electrons. The maximum absolute atomic E-state index is 12.9. The molecule has 2 aromatic carbocycles. The number of aryl methyl sites for hydroxylation is 1. The molecule has 7 heteroatoms. The van der Waals surface area contributed by atoms with Crippen molar-refractivity contribution < 1.29 is 9.59 Å². The second-order valence-corrected chi connectivity index (χ2v) is 6.54. The van der Waals surface area contributed by atoms with E-state index < -0.39 is 5.91 Å². The minimum Gasteiger partial charge on any atom is -0.342 e. The summed E-state index contributed by atoms with van der Waals surface area (Å²) >= 11 is 0. The summed E-state index contributed by atoms with van der Waals surface area (Å²) in [5, 5.41) is 8.07. The van der Waals surface area contributed by atoms with Gasteiger partial charge in [-0.05, 0) is 30.7 Å². The van der Waals surface area contributed by atoms with Gasteiger partial charge in [-0.2, -0.15) is 5.10 Å². The van der Waals surface area contributed by atoms with Crippen molar-refractivity contribution in [1.29, 1.82) is 0 Å². The van der Waals surface area contributed by atoms with Gasteiger partial charge in [0.25, 0.3) is 11.5 Å². The van der Waals surface area contributed by atoms with Crippen molar-refractivity contribution in [1.82, 2.24) is 14.7 Å². The number of rotatable bonds is 5. The third-order valence-corrected chi connectivity index (χ3v) is 4.52. The number of aromatic nitrogens is 2. The highest BCUT2D eigenvalue weighted by molar-refractivity contribution is 6.11. The molecule has 28 heavy (non-hydrogen) atoms. The van der Waals surface area contributed by atoms with Crippen molar-refractivity contribution >= 4 is 28.3 Å². The lowest BCUT2D eigenvalue weighted by Gasteiger charge is -2.15. The number of anilines is 1. The topological polar surface area (TPSA) is 84.3 Å². The van der Waals surface area contributed by atoms with E-state index in [2.05, 4.69) is 10.4 Å². The van der Waals surface area contributed by atoms with E-state index in [-0.39, 0.29) is 17.2 Å². The van der Waals surface area contributed by atoms with Gasteiger partial charge in [0.05, 0.1) is 5.39 Å². The molecule has 1 N–H and O–H groups in total. The van der Waals surface area contributed by atoms with Crippen molar-refractivity contribution in [2.24, 2.45) is 0 Å². The molecule has 2 amide bonds. The van der Waals surface area contributed by atoms with Crippen LogP contribution in [0.25, 0.3) is 10.8 Å². The highest BCUT2D eigenvalue weighted by Crippen LogP contribution is 2.17. The summed E-state index contributed by atoms with van der Waals surface area (Å²) in [6, 6.07) is 14.2. The van der Waals surface area contributed by atoms with Crippen LogP contribution in [0.5, 0.6) is 0 Å². The van der Waals surface area contributed by atoms with Crippen LogP contribution >= 0.6 is 0 Å². The predicted molar refractivity (Wildman–Crippen MR) is 108 cm³/mol. The number of nitrogens with one attached hydrogen (secondary N) is 1. The number of benzene rings is 2. The Morgan fingerprint density at radius 2 is 1.82 bits per heavy atom. The molecule has 0 aliphatic carbocycles. The molecule has 0 aliphatic heterocycles. The molecule has 0 unspecified atom stereocenters. The number of fused-ring (bicyclic) bond motifs is 1. The van der Waals surface area contributed by atoms with Crippen LogP contribution in [-0.4, -0.2) is 33.5 Å². The largest absolute Gasteiger partial charge is 0.342 e. The van der Waals surface area contributed by atoms with Crippen LogP contribution in [0.2, 0.25) is 0 Å². The van der Waals surface area contributed by atoms with Gasteiger partial charge < -0.3 is 10.2 Å². The summed E-state index contributed by atoms with van der Waals surface area (Å²) in [7, 11) is 1.72. The molecule has 3 rings (SSSR count). The van der Waals surface area contributed by atoms with Crippen molar-refractivity contribution in [3.05, 3.63) is 70.1 Å². The third-order valence-electron chi connectivity index (χ3n) is 4.52. The number of carbonyl (C=O) groups excluding carboxylic acids is 2. The van der Waals surface area contributed by atoms with Gasteiger partial charge in [-0.3, -0.25) is 14.4 Å². The Hall–Kier alpha value is -3.48. The van der Waals surface area contributed by atoms with Crippen LogP contribution in [0.1, 0.15) is 29.9 Å². The van der Waals surface area contributed by atoms with Crippen LogP contribution in [0.4, 0.5) is 5.69 Å². The van der Waals surface area contributed by atoms with Crippen LogP contribution < -0.4 is 10.9 Å². The summed E-state index contributed by atoms with van der Waals surface area (Å²) < 4.78 is 1.29. The predicted octanol–water partition coefficient (Wildman–Crippen LogP) is 2.65. The van der Waals surface area contributed by atoms with Crippen LogP contribution in [-0.2, 0) is 17.9 Å². The number of hydrogen-bond donors (Lipinski definition) is 1. The fraction of sp³-hybridized carbons (Fsp3) is 0.238. The van der Waals surface area contributed by atoms with Gasteiger partial charge in [-0.15, -0.1) is 0 Å². The van der Waals surface area contributed by atoms with E-state index in [9.17, 15) is 14.4 Å². The first kappa shape index (κ1) is 19.3. The molecule has 1 aromatic heterocycles. The van der Waals surface area contributed by atoms with Crippen molar-refractivity contribution in [3.63, 3.8) is 0 Å². The van der Waals surface area contributed by atoms with E-state index in [0.717, 1.165) is 5.56 Å². The first-order valence-corrected chi connectivity index (χ1v) is 9.02. The van der Waals surface area contributed by atoms with Crippen molar-refractivity contribution in [3.8, 4) is 0 Å². The lowest BCUT2D eigenvalue weighted by atomic mass is 10.1. The number of nitrogens with zero attached hydrogens (tertiary/aromatic N) is 3. The first-order valence-electron chi connectivity index (χ1n) is 9.02. The van der Waals surface area contributed by atoms with E-state index >= 15 is 0 Å². The lowest BCUT2D eigenvalue weighted by Crippen LogP contribution is -2.27. The van der Waals surface area contributed by atoms with Gasteiger partial charge >= 0.3 is 0 Å². The Kier molecular flexibility index (Phi) is 5.54. The first-order chi connectivity index (χ1) is 13.4. The van der Waals surface area contributed by atoms with Gasteiger partial charge in [0.15, 0.2) is 5.69 Å². The Balaban J connectivity index is 1.93. The molecular formula is C21H22N4O3. The third kappa shape index (κ3) is 3.93. The van der Waals surface area contributed by atoms with Crippen LogP contribution in [0.3, 0.4) is 0 Å². The molecule has 0 bridgehead atoms. The van der Waals surface area contributed by atoms with E-state index in [1.165, 1.54) is 11.6 Å². The normalized spacial score (nSPS) is 10.7. The fourth-order valence-corrected chi connectivity index (χ4v) is 2.94. The van der Waals surface area contributed by atoms with E-state index in [1.54, 1.807) is 49.2 Å². The summed E-state index contributed by atoms with van der Waals surface area (Å²) in [5.41, 5.74) is 1.47. The average molecular weight is 378 g/mol. The van der Waals surface area contributed by atoms with Crippen molar-refractivity contribution in [2.45, 2.75) is 26.9 Å². The van der Waals surface area contributed by atoms with E-state index in [0.29, 0.717) is 29.5 Å². The van der Waals surface area contributed by atoms with Crippen molar-refractivity contribution in [2.75, 3.05) is 12.4 Å². The molecule has 144 valence electrons. The zero-order valence-electron chi connectivity index (χ0n) is 16.1. The monoisotopic (exact) mass is 378 g/mol. The SMILES string of the molecule is CCn1nc(C(=O)Nc2cccc(CN(C)C(C)=O)c2)c2ccccc2c1=O. The van der Waals surface area contributed by atoms with E-state index in [4.69, 9.17) is 0 Å². The number of hydrogen-bond acceptors (Lipinski definition) is 4. The molecule has 3 aromatic rings. The second-order valence-electron chi connectivity index (χ2n) is 6.54. The average Bonchev–Trinajstić information content (AvgIpc) is 2.68. The summed E-state index contributed by atoms with van der Waals surface area (Å²) in [6.45, 7) is 4.13. The van der Waals surface area contributed by atoms with Gasteiger partial charge in [-0.1, -0.05) is 30.3 Å². The zero-order valence-corrected chi connectivity index (χ0v) is 16.1. The Bertz CT molecular complexity index is 1100. The number of amides is 2. The fourth-order valence-electron chi connectivity index (χ4n) is 2.94. The Morgan fingerprint density at radius 3 is 2.50 bits per heavy atom. The standard InChI is InChI=1S/C21H22N4O3/c1-4-25-21(28)18-11-6-5-10-17(18)19(23-25)20(27)22-16-9-7-8-15(12-16)13-24(3)14(2)26/h5-12H,4,13H2,1-3H3,(H,22,27). The molecule has 0 spiro atoms. The lowest BCUT2D eigenvalue weighted by molar-refractivity contribution is -0.128. The molecule has 0 atom stereocenters. The summed E-state index contributed by atoms with van der Waals surface area (Å²) in [5.74, 6) is -0.428. The number of carbonyl (C=O) groups is 2. The molecule has 7 nitrogen and oxygen atoms in total. The van der Waals surface area contributed by atoms with Gasteiger partial charge in [-0.25, -0.2) is 4.68 Å². The Labute approximate surface area is 162 Å². The van der Waals surface area contributed by atoms with E-state index in [1.807, 2.05) is 18.2 Å². The van der Waals surface area contributed by atoms with Crippen LogP contribution in [0.15, 0.2) is 53.3 Å². The van der Waals surface area contributed by atoms with Crippen LogP contribution in [0, 0.1) is 0 Å². The molecule has 0 fully saturated rings. The van der Waals surface area contributed by atoms with Gasteiger partial charge in [0.1, 0.15) is 0 Å². The molecule has 1 heterocycles. The second kappa shape index (κ2) is 8.04. The zero-order chi connectivity index (χ0) is 20.3. The molecule has 0 saturated carbocycles. The smallest absolute Gasteiger partial charge is 0.276 e. The van der Waals surface area contributed by atoms with Gasteiger partial charge in [0, 0.05) is 38.1 Å². The summed E-state index contributed by atoms with van der Waals surface area (Å²) in [4.78, 5) is 38.3. The minimum atomic E-state index is -0.393. The van der Waals surface area contributed by atoms with Gasteiger partial charge in [0.2, 0.25) is 5.91 Å². The Morgan fingerprint density at radius 1 is 1.11 bits per heavy atom. The summed E-state index contributed by atoms with van der Waals surface area (Å²) in [6.07, 6.45) is 0. The maximum Gasteiger partial charge on any atom is 0.276 e. The maximum atomic E-state index is 12.9. The highest BCUT2D eigenvalue weighted by atomic mass is 16.2.